The Morgan fingerprint density at radius 3 is 2.67 bits per heavy atom. The average molecular weight is 292 g/mol. The van der Waals surface area contributed by atoms with E-state index in [0.717, 1.165) is 38.4 Å². The van der Waals surface area contributed by atoms with Crippen LogP contribution in [-0.4, -0.2) is 44.2 Å². The molecule has 0 unspecified atom stereocenters. The first-order chi connectivity index (χ1) is 10.00. The number of pyridine rings is 1. The number of anilines is 1. The summed E-state index contributed by atoms with van der Waals surface area (Å²) in [7, 11) is 0. The average Bonchev–Trinajstić information content (AvgIpc) is 2.48. The second kappa shape index (κ2) is 6.89. The molecule has 1 aromatic rings. The molecule has 0 bridgehead atoms. The molecule has 2 heterocycles. The normalized spacial score (nSPS) is 16.8. The minimum absolute atomic E-state index is 0.0999. The third-order valence-electron chi connectivity index (χ3n) is 4.28. The summed E-state index contributed by atoms with van der Waals surface area (Å²) in [6.07, 6.45) is 2.90. The maximum absolute atomic E-state index is 12.1. The molecule has 2 rings (SSSR count). The smallest absolute Gasteiger partial charge is 0.275 e. The van der Waals surface area contributed by atoms with Gasteiger partial charge in [-0.15, -0.1) is 0 Å². The van der Waals surface area contributed by atoms with Crippen LogP contribution in [0.15, 0.2) is 24.4 Å². The lowest BCUT2D eigenvalue weighted by Crippen LogP contribution is -3.16. The van der Waals surface area contributed by atoms with Crippen LogP contribution in [0.25, 0.3) is 0 Å². The third-order valence-corrected chi connectivity index (χ3v) is 4.28. The molecule has 1 amide bonds. The van der Waals surface area contributed by atoms with E-state index in [9.17, 15) is 4.79 Å². The van der Waals surface area contributed by atoms with E-state index in [2.05, 4.69) is 42.0 Å². The Balaban J connectivity index is 1.78. The number of H-pyrrole nitrogens is 1. The fourth-order valence-corrected chi connectivity index (χ4v) is 2.56. The number of aromatic amines is 1. The number of quaternary nitrogens is 1. The number of nitrogens with one attached hydrogen (secondary N) is 3. The van der Waals surface area contributed by atoms with Gasteiger partial charge in [0.25, 0.3) is 11.7 Å². The minimum atomic E-state index is -0.0999. The molecule has 0 atom stereocenters. The predicted molar refractivity (Wildman–Crippen MR) is 83.3 cm³/mol. The number of amides is 1. The molecule has 116 valence electrons. The van der Waals surface area contributed by atoms with Crippen molar-refractivity contribution in [1.82, 2.24) is 5.32 Å². The highest BCUT2D eigenvalue weighted by Crippen LogP contribution is 2.06. The molecule has 5 heteroatoms. The lowest BCUT2D eigenvalue weighted by atomic mass is 10.0. The van der Waals surface area contributed by atoms with Crippen molar-refractivity contribution in [2.75, 3.05) is 37.6 Å². The van der Waals surface area contributed by atoms with Crippen LogP contribution in [0.5, 0.6) is 0 Å². The van der Waals surface area contributed by atoms with Gasteiger partial charge in [0.05, 0.1) is 6.20 Å². The lowest BCUT2D eigenvalue weighted by molar-refractivity contribution is -0.892. The molecule has 5 nitrogen and oxygen atoms in total. The van der Waals surface area contributed by atoms with Crippen LogP contribution in [0, 0.1) is 0 Å². The molecule has 0 spiro atoms. The Morgan fingerprint density at radius 2 is 2.10 bits per heavy atom. The van der Waals surface area contributed by atoms with Gasteiger partial charge >= 0.3 is 0 Å². The Bertz CT molecular complexity index is 453. The minimum Gasteiger partial charge on any atom is -0.346 e. The quantitative estimate of drug-likeness (QED) is 0.769. The summed E-state index contributed by atoms with van der Waals surface area (Å²) >= 11 is 0. The van der Waals surface area contributed by atoms with Crippen LogP contribution >= 0.6 is 0 Å². The number of carbonyl (C=O) groups excluding carboxylic acids is 1. The first-order valence-corrected chi connectivity index (χ1v) is 7.86. The molecular weight excluding hydrogens is 264 g/mol. The first kappa shape index (κ1) is 15.8. The van der Waals surface area contributed by atoms with E-state index in [1.165, 1.54) is 4.90 Å². The van der Waals surface area contributed by atoms with Gasteiger partial charge in [0, 0.05) is 11.6 Å². The molecule has 1 fully saturated rings. The molecule has 1 saturated heterocycles. The lowest BCUT2D eigenvalue weighted by Gasteiger charge is -2.29. The van der Waals surface area contributed by atoms with E-state index in [1.54, 1.807) is 0 Å². The van der Waals surface area contributed by atoms with Crippen molar-refractivity contribution in [3.63, 3.8) is 0 Å². The molecule has 0 radical (unpaired) electrons. The summed E-state index contributed by atoms with van der Waals surface area (Å²) in [5.74, 6) is 1.32. The van der Waals surface area contributed by atoms with Gasteiger partial charge in [0.1, 0.15) is 26.2 Å². The number of piperazine rings is 1. The van der Waals surface area contributed by atoms with Crippen molar-refractivity contribution in [1.29, 1.82) is 0 Å². The molecule has 1 aliphatic rings. The van der Waals surface area contributed by atoms with E-state index in [4.69, 9.17) is 0 Å². The van der Waals surface area contributed by atoms with Crippen molar-refractivity contribution < 1.29 is 14.7 Å². The molecule has 0 saturated carbocycles. The van der Waals surface area contributed by atoms with Gasteiger partial charge in [-0.25, -0.2) is 4.98 Å². The van der Waals surface area contributed by atoms with E-state index < -0.39 is 0 Å². The van der Waals surface area contributed by atoms with Crippen molar-refractivity contribution in [3.05, 3.63) is 24.4 Å². The number of aromatic nitrogens is 1. The standard InChI is InChI=1S/C16H26N4O/c1-4-16(2,3)18-15(21)13-19-9-11-20(12-10-19)14-7-5-6-8-17-14/h5-8H,4,9-13H2,1-3H3,(H,18,21)/p+2. The van der Waals surface area contributed by atoms with Crippen molar-refractivity contribution >= 4 is 11.7 Å². The molecule has 1 aliphatic heterocycles. The van der Waals surface area contributed by atoms with Crippen LogP contribution in [0.4, 0.5) is 5.82 Å². The Hall–Kier alpha value is -1.62. The number of carbonyl (C=O) groups is 1. The summed E-state index contributed by atoms with van der Waals surface area (Å²) in [6, 6.07) is 6.14. The molecule has 0 aliphatic carbocycles. The third kappa shape index (κ3) is 4.70. The SMILES string of the molecule is CCC(C)(C)NC(=O)C[NH+]1CCN(c2cccc[nH+]2)CC1. The van der Waals surface area contributed by atoms with Crippen LogP contribution in [0.1, 0.15) is 27.2 Å². The van der Waals surface area contributed by atoms with Gasteiger partial charge in [-0.2, -0.15) is 0 Å². The monoisotopic (exact) mass is 292 g/mol. The Morgan fingerprint density at radius 1 is 1.38 bits per heavy atom. The Labute approximate surface area is 127 Å². The maximum Gasteiger partial charge on any atom is 0.275 e. The van der Waals surface area contributed by atoms with E-state index in [0.29, 0.717) is 6.54 Å². The summed E-state index contributed by atoms with van der Waals surface area (Å²) in [6.45, 7) is 10.8. The van der Waals surface area contributed by atoms with E-state index in [-0.39, 0.29) is 11.4 Å². The first-order valence-electron chi connectivity index (χ1n) is 7.86. The van der Waals surface area contributed by atoms with E-state index >= 15 is 0 Å². The highest BCUT2D eigenvalue weighted by Gasteiger charge is 2.28. The van der Waals surface area contributed by atoms with Gasteiger partial charge in [-0.1, -0.05) is 13.0 Å². The zero-order valence-electron chi connectivity index (χ0n) is 13.4. The summed E-state index contributed by atoms with van der Waals surface area (Å²) < 4.78 is 0. The summed E-state index contributed by atoms with van der Waals surface area (Å²) in [5, 5.41) is 3.12. The fraction of sp³-hybridized carbons (Fsp3) is 0.625. The number of hydrogen-bond acceptors (Lipinski definition) is 2. The van der Waals surface area contributed by atoms with E-state index in [1.807, 2.05) is 18.3 Å². The summed E-state index contributed by atoms with van der Waals surface area (Å²) in [5.41, 5.74) is -0.0999. The van der Waals surface area contributed by atoms with Gasteiger partial charge in [0.2, 0.25) is 0 Å². The van der Waals surface area contributed by atoms with Gasteiger partial charge in [0.15, 0.2) is 6.54 Å². The highest BCUT2D eigenvalue weighted by molar-refractivity contribution is 5.77. The number of hydrogen-bond donors (Lipinski definition) is 2. The van der Waals surface area contributed by atoms with Crippen molar-refractivity contribution in [2.24, 2.45) is 0 Å². The second-order valence-corrected chi connectivity index (χ2v) is 6.45. The second-order valence-electron chi connectivity index (χ2n) is 6.45. The van der Waals surface area contributed by atoms with Crippen LogP contribution in [-0.2, 0) is 4.79 Å². The molecule has 21 heavy (non-hydrogen) atoms. The Kier molecular flexibility index (Phi) is 5.17. The topological polar surface area (TPSA) is 50.9 Å². The maximum atomic E-state index is 12.1. The predicted octanol–water partition coefficient (Wildman–Crippen LogP) is -0.490. The van der Waals surface area contributed by atoms with Crippen LogP contribution < -0.4 is 20.1 Å². The fourth-order valence-electron chi connectivity index (χ4n) is 2.56. The largest absolute Gasteiger partial charge is 0.346 e. The van der Waals surface area contributed by atoms with Crippen molar-refractivity contribution in [3.8, 4) is 0 Å². The summed E-state index contributed by atoms with van der Waals surface area (Å²) in [4.78, 5) is 19.1. The van der Waals surface area contributed by atoms with Gasteiger partial charge in [-0.05, 0) is 26.3 Å². The number of nitrogens with zero attached hydrogens (tertiary/aromatic N) is 1. The van der Waals surface area contributed by atoms with Crippen LogP contribution in [0.2, 0.25) is 0 Å². The highest BCUT2D eigenvalue weighted by atomic mass is 16.2. The molecule has 1 aromatic heterocycles. The van der Waals surface area contributed by atoms with Gasteiger partial charge in [-0.3, -0.25) is 9.69 Å². The van der Waals surface area contributed by atoms with Gasteiger partial charge < -0.3 is 10.2 Å². The number of rotatable bonds is 5. The molecule has 0 aromatic carbocycles. The van der Waals surface area contributed by atoms with Crippen LogP contribution in [0.3, 0.4) is 0 Å². The zero-order valence-corrected chi connectivity index (χ0v) is 13.4. The molecular formula is C16H28N4O+2. The van der Waals surface area contributed by atoms with Crippen molar-refractivity contribution in [2.45, 2.75) is 32.7 Å². The zero-order chi connectivity index (χ0) is 15.3. The molecule has 3 N–H and O–H groups in total.